The highest BCUT2D eigenvalue weighted by Crippen LogP contribution is 2.32. The molecular formula is C10H10BrN3S2. The molecule has 0 aliphatic rings. The maximum absolute atomic E-state index is 5.60. The first-order valence-electron chi connectivity index (χ1n) is 4.65. The Labute approximate surface area is 111 Å². The topological polar surface area (TPSA) is 51.8 Å². The Kier molecular flexibility index (Phi) is 3.96. The van der Waals surface area contributed by atoms with Gasteiger partial charge in [-0.05, 0) is 24.6 Å². The number of aryl methyl sites for hydroxylation is 1. The standard InChI is InChI=1S/C10H10BrN3S2/c1-6-13-14-10(15-6)16-8-3-2-7(5-12)9(11)4-8/h2-4H,5,12H2,1H3. The number of nitrogens with zero attached hydrogens (tertiary/aromatic N) is 2. The summed E-state index contributed by atoms with van der Waals surface area (Å²) in [5.74, 6) is 0. The predicted molar refractivity (Wildman–Crippen MR) is 70.8 cm³/mol. The summed E-state index contributed by atoms with van der Waals surface area (Å²) in [6.07, 6.45) is 0. The van der Waals surface area contributed by atoms with Crippen LogP contribution in [0.5, 0.6) is 0 Å². The molecule has 16 heavy (non-hydrogen) atoms. The van der Waals surface area contributed by atoms with Crippen LogP contribution in [0.25, 0.3) is 0 Å². The van der Waals surface area contributed by atoms with Gasteiger partial charge in [0.05, 0.1) is 0 Å². The molecule has 3 nitrogen and oxygen atoms in total. The minimum absolute atomic E-state index is 0.545. The van der Waals surface area contributed by atoms with Crippen molar-refractivity contribution in [3.63, 3.8) is 0 Å². The van der Waals surface area contributed by atoms with Crippen molar-refractivity contribution >= 4 is 39.0 Å². The molecule has 0 spiro atoms. The van der Waals surface area contributed by atoms with E-state index in [1.165, 1.54) is 0 Å². The Bertz CT molecular complexity index is 499. The van der Waals surface area contributed by atoms with Crippen LogP contribution in [0.4, 0.5) is 0 Å². The van der Waals surface area contributed by atoms with Crippen LogP contribution in [-0.4, -0.2) is 10.2 Å². The summed E-state index contributed by atoms with van der Waals surface area (Å²) in [6, 6.07) is 6.14. The van der Waals surface area contributed by atoms with E-state index in [-0.39, 0.29) is 0 Å². The molecule has 0 aliphatic heterocycles. The van der Waals surface area contributed by atoms with E-state index < -0.39 is 0 Å². The van der Waals surface area contributed by atoms with Crippen molar-refractivity contribution in [3.05, 3.63) is 33.2 Å². The summed E-state index contributed by atoms with van der Waals surface area (Å²) in [4.78, 5) is 1.14. The molecule has 1 aromatic carbocycles. The fourth-order valence-corrected chi connectivity index (χ4v) is 3.70. The van der Waals surface area contributed by atoms with E-state index in [9.17, 15) is 0 Å². The summed E-state index contributed by atoms with van der Waals surface area (Å²) in [5.41, 5.74) is 6.71. The van der Waals surface area contributed by atoms with E-state index in [2.05, 4.69) is 32.2 Å². The van der Waals surface area contributed by atoms with Crippen LogP contribution in [0.2, 0.25) is 0 Å². The highest BCUT2D eigenvalue weighted by atomic mass is 79.9. The van der Waals surface area contributed by atoms with Gasteiger partial charge >= 0.3 is 0 Å². The smallest absolute Gasteiger partial charge is 0.179 e. The molecule has 2 N–H and O–H groups in total. The SMILES string of the molecule is Cc1nnc(Sc2ccc(CN)c(Br)c2)s1. The largest absolute Gasteiger partial charge is 0.326 e. The number of halogens is 1. The van der Waals surface area contributed by atoms with Crippen LogP contribution in [0.3, 0.4) is 0 Å². The second-order valence-electron chi connectivity index (χ2n) is 3.15. The first-order chi connectivity index (χ1) is 7.69. The van der Waals surface area contributed by atoms with Crippen LogP contribution >= 0.6 is 39.0 Å². The number of nitrogens with two attached hydrogens (primary N) is 1. The molecule has 1 heterocycles. The van der Waals surface area contributed by atoms with Gasteiger partial charge in [0.1, 0.15) is 5.01 Å². The summed E-state index contributed by atoms with van der Waals surface area (Å²) in [6.45, 7) is 2.50. The molecule has 6 heteroatoms. The third-order valence-corrected chi connectivity index (χ3v) is 4.57. The van der Waals surface area contributed by atoms with Gasteiger partial charge in [0.15, 0.2) is 4.34 Å². The van der Waals surface area contributed by atoms with E-state index in [1.54, 1.807) is 23.1 Å². The average Bonchev–Trinajstić information content (AvgIpc) is 2.64. The molecule has 0 amide bonds. The lowest BCUT2D eigenvalue weighted by atomic mass is 10.2. The summed E-state index contributed by atoms with van der Waals surface area (Å²) in [5, 5.41) is 9.05. The average molecular weight is 316 g/mol. The third kappa shape index (κ3) is 2.82. The van der Waals surface area contributed by atoms with Gasteiger partial charge in [-0.3, -0.25) is 0 Å². The van der Waals surface area contributed by atoms with Crippen LogP contribution in [0.1, 0.15) is 10.6 Å². The van der Waals surface area contributed by atoms with Crippen LogP contribution in [-0.2, 0) is 6.54 Å². The van der Waals surface area contributed by atoms with Crippen molar-refractivity contribution in [2.75, 3.05) is 0 Å². The second-order valence-corrected chi connectivity index (χ2v) is 6.50. The number of hydrogen-bond donors (Lipinski definition) is 1. The van der Waals surface area contributed by atoms with Gasteiger partial charge in [0, 0.05) is 15.9 Å². The molecule has 0 fully saturated rings. The third-order valence-electron chi connectivity index (χ3n) is 1.96. The molecule has 0 atom stereocenters. The molecule has 0 unspecified atom stereocenters. The van der Waals surface area contributed by atoms with Crippen molar-refractivity contribution < 1.29 is 0 Å². The number of aromatic nitrogens is 2. The van der Waals surface area contributed by atoms with Crippen molar-refractivity contribution in [1.29, 1.82) is 0 Å². The minimum atomic E-state index is 0.545. The Morgan fingerprint density at radius 3 is 2.81 bits per heavy atom. The van der Waals surface area contributed by atoms with Crippen LogP contribution < -0.4 is 5.73 Å². The van der Waals surface area contributed by atoms with E-state index in [0.717, 1.165) is 24.3 Å². The Balaban J connectivity index is 2.19. The fourth-order valence-electron chi connectivity index (χ4n) is 1.18. The van der Waals surface area contributed by atoms with Crippen molar-refractivity contribution in [2.24, 2.45) is 5.73 Å². The summed E-state index contributed by atoms with van der Waals surface area (Å²) in [7, 11) is 0. The summed E-state index contributed by atoms with van der Waals surface area (Å²) >= 11 is 6.71. The molecule has 0 radical (unpaired) electrons. The Morgan fingerprint density at radius 2 is 2.25 bits per heavy atom. The summed E-state index contributed by atoms with van der Waals surface area (Å²) < 4.78 is 2.01. The second kappa shape index (κ2) is 5.27. The van der Waals surface area contributed by atoms with Gasteiger partial charge in [0.2, 0.25) is 0 Å². The lowest BCUT2D eigenvalue weighted by Crippen LogP contribution is -1.96. The molecule has 1 aromatic heterocycles. The monoisotopic (exact) mass is 315 g/mol. The van der Waals surface area contributed by atoms with Gasteiger partial charge in [0.25, 0.3) is 0 Å². The van der Waals surface area contributed by atoms with E-state index in [1.807, 2.05) is 19.1 Å². The number of hydrogen-bond acceptors (Lipinski definition) is 5. The quantitative estimate of drug-likeness (QED) is 0.944. The van der Waals surface area contributed by atoms with Crippen molar-refractivity contribution in [2.45, 2.75) is 22.7 Å². The molecular weight excluding hydrogens is 306 g/mol. The van der Waals surface area contributed by atoms with E-state index in [4.69, 9.17) is 5.73 Å². The first kappa shape index (κ1) is 12.0. The number of benzene rings is 1. The van der Waals surface area contributed by atoms with Gasteiger partial charge in [-0.2, -0.15) is 0 Å². The Morgan fingerprint density at radius 1 is 1.44 bits per heavy atom. The van der Waals surface area contributed by atoms with Gasteiger partial charge in [-0.15, -0.1) is 10.2 Å². The van der Waals surface area contributed by atoms with Crippen LogP contribution in [0.15, 0.2) is 31.9 Å². The molecule has 0 saturated carbocycles. The van der Waals surface area contributed by atoms with Crippen LogP contribution in [0, 0.1) is 6.92 Å². The molecule has 0 aliphatic carbocycles. The first-order valence-corrected chi connectivity index (χ1v) is 7.08. The maximum Gasteiger partial charge on any atom is 0.179 e. The van der Waals surface area contributed by atoms with Gasteiger partial charge in [-0.25, -0.2) is 0 Å². The molecule has 0 saturated heterocycles. The zero-order chi connectivity index (χ0) is 11.5. The molecule has 0 bridgehead atoms. The molecule has 84 valence electrons. The zero-order valence-electron chi connectivity index (χ0n) is 8.61. The van der Waals surface area contributed by atoms with Crippen molar-refractivity contribution in [3.8, 4) is 0 Å². The minimum Gasteiger partial charge on any atom is -0.326 e. The van der Waals surface area contributed by atoms with Gasteiger partial charge < -0.3 is 5.73 Å². The predicted octanol–water partition coefficient (Wildman–Crippen LogP) is 3.22. The normalized spacial score (nSPS) is 10.7. The Hall–Kier alpha value is -0.430. The number of rotatable bonds is 3. The fraction of sp³-hybridized carbons (Fsp3) is 0.200. The lowest BCUT2D eigenvalue weighted by molar-refractivity contribution is 0.983. The molecule has 2 rings (SSSR count). The molecule has 2 aromatic rings. The zero-order valence-corrected chi connectivity index (χ0v) is 11.8. The van der Waals surface area contributed by atoms with E-state index >= 15 is 0 Å². The van der Waals surface area contributed by atoms with Gasteiger partial charge in [-0.1, -0.05) is 45.1 Å². The highest BCUT2D eigenvalue weighted by molar-refractivity contribution is 9.10. The van der Waals surface area contributed by atoms with Crippen molar-refractivity contribution in [1.82, 2.24) is 10.2 Å². The van der Waals surface area contributed by atoms with E-state index in [0.29, 0.717) is 6.54 Å². The highest BCUT2D eigenvalue weighted by Gasteiger charge is 2.05. The lowest BCUT2D eigenvalue weighted by Gasteiger charge is -2.03. The maximum atomic E-state index is 5.60.